The van der Waals surface area contributed by atoms with Gasteiger partial charge in [-0.25, -0.2) is 4.72 Å². The third-order valence-electron chi connectivity index (χ3n) is 2.24. The fourth-order valence-corrected chi connectivity index (χ4v) is 2.10. The van der Waals surface area contributed by atoms with Gasteiger partial charge in [0.1, 0.15) is 6.17 Å². The summed E-state index contributed by atoms with van der Waals surface area (Å²) in [5.41, 5.74) is 6.40. The molecule has 1 aromatic rings. The van der Waals surface area contributed by atoms with Crippen molar-refractivity contribution in [2.75, 3.05) is 12.8 Å². The van der Waals surface area contributed by atoms with Gasteiger partial charge in [0.15, 0.2) is 0 Å². The van der Waals surface area contributed by atoms with E-state index in [1.165, 1.54) is 0 Å². The van der Waals surface area contributed by atoms with Crippen LogP contribution in [-0.2, 0) is 0 Å². The van der Waals surface area contributed by atoms with Gasteiger partial charge in [-0.2, -0.15) is 5.10 Å². The van der Waals surface area contributed by atoms with Gasteiger partial charge >= 0.3 is 0 Å². The quantitative estimate of drug-likeness (QED) is 0.601. The van der Waals surface area contributed by atoms with Crippen LogP contribution in [0.5, 0.6) is 0 Å². The fourth-order valence-electron chi connectivity index (χ4n) is 1.31. The van der Waals surface area contributed by atoms with Crippen molar-refractivity contribution < 1.29 is 0 Å². The lowest BCUT2D eigenvalue weighted by Gasteiger charge is -2.19. The van der Waals surface area contributed by atoms with Crippen molar-refractivity contribution in [3.63, 3.8) is 0 Å². The molecule has 3 N–H and O–H groups in total. The molecule has 0 spiro atoms. The van der Waals surface area contributed by atoms with Gasteiger partial charge in [-0.05, 0) is 36.2 Å². The lowest BCUT2D eigenvalue weighted by atomic mass is 10.3. The molecule has 0 aliphatic carbocycles. The van der Waals surface area contributed by atoms with Crippen LogP contribution in [0, 0.1) is 0 Å². The monoisotopic (exact) mass is 222 g/mol. The van der Waals surface area contributed by atoms with E-state index in [1.54, 1.807) is 11.9 Å². The molecule has 15 heavy (non-hydrogen) atoms. The highest BCUT2D eigenvalue weighted by atomic mass is 32.2. The molecular formula is C10H14N4S. The van der Waals surface area contributed by atoms with Crippen molar-refractivity contribution >= 4 is 23.8 Å². The molecule has 1 aliphatic rings. The average molecular weight is 222 g/mol. The zero-order valence-electron chi connectivity index (χ0n) is 8.55. The molecule has 0 radical (unpaired) electrons. The summed E-state index contributed by atoms with van der Waals surface area (Å²) < 4.78 is 3.34. The maximum Gasteiger partial charge on any atom is 0.110 e. The Labute approximate surface area is 93.7 Å². The first kappa shape index (κ1) is 10.3. The molecule has 1 atom stereocenters. The molecule has 1 heterocycles. The minimum Gasteiger partial charge on any atom is -0.399 e. The number of hydrazone groups is 1. The molecule has 0 amide bonds. The molecule has 5 heteroatoms. The first-order valence-electron chi connectivity index (χ1n) is 4.79. The van der Waals surface area contributed by atoms with Gasteiger partial charge in [0.2, 0.25) is 0 Å². The number of nitrogens with one attached hydrogen (secondary N) is 1. The van der Waals surface area contributed by atoms with E-state index in [1.807, 2.05) is 42.5 Å². The second-order valence-corrected chi connectivity index (χ2v) is 4.32. The molecule has 0 saturated carbocycles. The van der Waals surface area contributed by atoms with E-state index in [4.69, 9.17) is 5.73 Å². The molecule has 4 nitrogen and oxygen atoms in total. The minimum absolute atomic E-state index is 0.285. The Morgan fingerprint density at radius 1 is 1.47 bits per heavy atom. The van der Waals surface area contributed by atoms with Crippen LogP contribution < -0.4 is 10.5 Å². The lowest BCUT2D eigenvalue weighted by Crippen LogP contribution is -2.33. The second-order valence-electron chi connectivity index (χ2n) is 3.41. The summed E-state index contributed by atoms with van der Waals surface area (Å²) in [5.74, 6) is 0. The molecule has 0 fully saturated rings. The number of nitrogens with two attached hydrogens (primary N) is 1. The van der Waals surface area contributed by atoms with Crippen LogP contribution in [0.25, 0.3) is 0 Å². The highest BCUT2D eigenvalue weighted by Gasteiger charge is 2.15. The zero-order valence-corrected chi connectivity index (χ0v) is 9.37. The smallest absolute Gasteiger partial charge is 0.110 e. The van der Waals surface area contributed by atoms with Gasteiger partial charge in [0, 0.05) is 30.3 Å². The van der Waals surface area contributed by atoms with Crippen LogP contribution >= 0.6 is 11.9 Å². The number of rotatable bonds is 3. The largest absolute Gasteiger partial charge is 0.399 e. The summed E-state index contributed by atoms with van der Waals surface area (Å²) in [4.78, 5) is 1.16. The Morgan fingerprint density at radius 3 is 2.80 bits per heavy atom. The minimum atomic E-state index is 0.285. The molecule has 0 bridgehead atoms. The van der Waals surface area contributed by atoms with E-state index in [0.29, 0.717) is 0 Å². The van der Waals surface area contributed by atoms with Crippen LogP contribution in [0.1, 0.15) is 6.42 Å². The van der Waals surface area contributed by atoms with Crippen molar-refractivity contribution in [1.29, 1.82) is 0 Å². The van der Waals surface area contributed by atoms with E-state index < -0.39 is 0 Å². The highest BCUT2D eigenvalue weighted by molar-refractivity contribution is 7.97. The third-order valence-corrected chi connectivity index (χ3v) is 3.13. The van der Waals surface area contributed by atoms with Gasteiger partial charge in [0.25, 0.3) is 0 Å². The first-order valence-corrected chi connectivity index (χ1v) is 5.60. The van der Waals surface area contributed by atoms with Gasteiger partial charge in [0.05, 0.1) is 0 Å². The summed E-state index contributed by atoms with van der Waals surface area (Å²) in [6.45, 7) is 0. The summed E-state index contributed by atoms with van der Waals surface area (Å²) in [6.07, 6.45) is 3.15. The molecule has 80 valence electrons. The Morgan fingerprint density at radius 2 is 2.20 bits per heavy atom. The second kappa shape index (κ2) is 4.55. The number of hydrogen-bond donors (Lipinski definition) is 2. The number of hydrogen-bond acceptors (Lipinski definition) is 5. The summed E-state index contributed by atoms with van der Waals surface area (Å²) in [6, 6.07) is 7.81. The van der Waals surface area contributed by atoms with Gasteiger partial charge in [-0.3, -0.25) is 5.01 Å². The average Bonchev–Trinajstić information content (AvgIpc) is 2.63. The Balaban J connectivity index is 1.85. The van der Waals surface area contributed by atoms with Crippen molar-refractivity contribution in [3.8, 4) is 0 Å². The molecule has 2 rings (SSSR count). The lowest BCUT2D eigenvalue weighted by molar-refractivity contribution is 0.276. The highest BCUT2D eigenvalue weighted by Crippen LogP contribution is 2.18. The van der Waals surface area contributed by atoms with Crippen molar-refractivity contribution in [1.82, 2.24) is 9.73 Å². The van der Waals surface area contributed by atoms with E-state index in [-0.39, 0.29) is 6.17 Å². The predicted octanol–water partition coefficient (Wildman–Crippen LogP) is 1.51. The molecular weight excluding hydrogens is 208 g/mol. The van der Waals surface area contributed by atoms with Crippen molar-refractivity contribution in [3.05, 3.63) is 24.3 Å². The van der Waals surface area contributed by atoms with Gasteiger partial charge < -0.3 is 5.73 Å². The van der Waals surface area contributed by atoms with Crippen LogP contribution in [-0.4, -0.2) is 24.4 Å². The van der Waals surface area contributed by atoms with Gasteiger partial charge in [-0.1, -0.05) is 0 Å². The first-order chi connectivity index (χ1) is 7.25. The number of nitrogen functional groups attached to an aromatic ring is 1. The molecule has 1 aromatic carbocycles. The summed E-state index contributed by atoms with van der Waals surface area (Å²) >= 11 is 1.60. The van der Waals surface area contributed by atoms with Crippen LogP contribution in [0.2, 0.25) is 0 Å². The van der Waals surface area contributed by atoms with E-state index in [0.717, 1.165) is 17.0 Å². The van der Waals surface area contributed by atoms with E-state index in [2.05, 4.69) is 9.82 Å². The maximum atomic E-state index is 5.61. The van der Waals surface area contributed by atoms with Crippen molar-refractivity contribution in [2.45, 2.75) is 17.5 Å². The predicted molar refractivity (Wildman–Crippen MR) is 64.5 cm³/mol. The number of benzene rings is 1. The van der Waals surface area contributed by atoms with Crippen LogP contribution in [0.4, 0.5) is 5.69 Å². The Hall–Kier alpha value is -1.20. The fraction of sp³-hybridized carbons (Fsp3) is 0.300. The molecule has 1 aliphatic heterocycles. The van der Waals surface area contributed by atoms with E-state index in [9.17, 15) is 0 Å². The number of nitrogens with zero attached hydrogens (tertiary/aromatic N) is 2. The molecule has 0 aromatic heterocycles. The topological polar surface area (TPSA) is 53.6 Å². The maximum absolute atomic E-state index is 5.61. The Kier molecular flexibility index (Phi) is 3.13. The van der Waals surface area contributed by atoms with E-state index >= 15 is 0 Å². The molecule has 0 saturated heterocycles. The summed E-state index contributed by atoms with van der Waals surface area (Å²) in [5, 5.41) is 6.08. The van der Waals surface area contributed by atoms with Crippen molar-refractivity contribution in [2.24, 2.45) is 5.10 Å². The third kappa shape index (κ3) is 2.64. The van der Waals surface area contributed by atoms with Crippen LogP contribution in [0.3, 0.4) is 0 Å². The SMILES string of the molecule is CN1N=CCC1NSc1ccc(N)cc1. The Bertz CT molecular complexity index is 349. The summed E-state index contributed by atoms with van der Waals surface area (Å²) in [7, 11) is 1.96. The van der Waals surface area contributed by atoms with Gasteiger partial charge in [-0.15, -0.1) is 0 Å². The molecule has 1 unspecified atom stereocenters. The number of anilines is 1. The normalized spacial score (nSPS) is 19.8. The standard InChI is InChI=1S/C10H14N4S/c1-14-10(6-7-12-14)13-15-9-4-2-8(11)3-5-9/h2-5,7,10,13H,6,11H2,1H3. The van der Waals surface area contributed by atoms with Crippen LogP contribution in [0.15, 0.2) is 34.3 Å². The zero-order chi connectivity index (χ0) is 10.7.